The fourth-order valence-electron chi connectivity index (χ4n) is 1.65. The van der Waals surface area contributed by atoms with Gasteiger partial charge in [-0.25, -0.2) is 0 Å². The van der Waals surface area contributed by atoms with Crippen LogP contribution in [0.1, 0.15) is 31.2 Å². The van der Waals surface area contributed by atoms with Crippen LogP contribution in [0.5, 0.6) is 0 Å². The summed E-state index contributed by atoms with van der Waals surface area (Å²) in [4.78, 5) is 0. The van der Waals surface area contributed by atoms with Crippen molar-refractivity contribution in [3.05, 3.63) is 18.0 Å². The molecule has 0 radical (unpaired) electrons. The Bertz CT molecular complexity index is 276. The van der Waals surface area contributed by atoms with E-state index in [1.54, 1.807) is 0 Å². The number of hydrogen-bond acceptors (Lipinski definition) is 2. The van der Waals surface area contributed by atoms with Crippen molar-refractivity contribution in [2.24, 2.45) is 7.05 Å². The molecule has 1 fully saturated rings. The Morgan fingerprint density at radius 3 is 3.00 bits per heavy atom. The van der Waals surface area contributed by atoms with E-state index in [-0.39, 0.29) is 0 Å². The van der Waals surface area contributed by atoms with E-state index >= 15 is 0 Å². The van der Waals surface area contributed by atoms with Gasteiger partial charge < -0.3 is 5.32 Å². The summed E-state index contributed by atoms with van der Waals surface area (Å²) >= 11 is 0. The van der Waals surface area contributed by atoms with Gasteiger partial charge in [0.15, 0.2) is 0 Å². The van der Waals surface area contributed by atoms with Crippen molar-refractivity contribution in [2.45, 2.75) is 38.1 Å². The third-order valence-electron chi connectivity index (χ3n) is 2.66. The Kier molecular flexibility index (Phi) is 3.19. The standard InChI is InChI=1S/C11H19N3/c1-14-9-10(8-13-14)4-2-3-7-12-11-5-6-11/h8-9,11-12H,2-7H2,1H3. The fourth-order valence-corrected chi connectivity index (χ4v) is 1.65. The normalized spacial score (nSPS) is 16.1. The van der Waals surface area contributed by atoms with E-state index in [0.29, 0.717) is 0 Å². The van der Waals surface area contributed by atoms with Gasteiger partial charge in [-0.1, -0.05) is 0 Å². The molecule has 1 aromatic heterocycles. The van der Waals surface area contributed by atoms with Crippen molar-refractivity contribution in [2.75, 3.05) is 6.54 Å². The number of aryl methyl sites for hydroxylation is 2. The molecule has 78 valence electrons. The SMILES string of the molecule is Cn1cc(CCCCNC2CC2)cn1. The number of rotatable bonds is 6. The van der Waals surface area contributed by atoms with Gasteiger partial charge in [0.1, 0.15) is 0 Å². The van der Waals surface area contributed by atoms with E-state index in [1.807, 2.05) is 17.9 Å². The van der Waals surface area contributed by atoms with Crippen molar-refractivity contribution in [3.63, 3.8) is 0 Å². The number of hydrogen-bond donors (Lipinski definition) is 1. The highest BCUT2D eigenvalue weighted by Crippen LogP contribution is 2.18. The minimum atomic E-state index is 0.855. The highest BCUT2D eigenvalue weighted by Gasteiger charge is 2.19. The first-order valence-electron chi connectivity index (χ1n) is 5.55. The second-order valence-electron chi connectivity index (χ2n) is 4.21. The average Bonchev–Trinajstić information content (AvgIpc) is 2.89. The summed E-state index contributed by atoms with van der Waals surface area (Å²) < 4.78 is 1.87. The van der Waals surface area contributed by atoms with Gasteiger partial charge in [0.05, 0.1) is 6.20 Å². The van der Waals surface area contributed by atoms with Crippen LogP contribution in [0, 0.1) is 0 Å². The molecule has 0 amide bonds. The van der Waals surface area contributed by atoms with Crippen molar-refractivity contribution >= 4 is 0 Å². The van der Waals surface area contributed by atoms with E-state index in [2.05, 4.69) is 16.6 Å². The van der Waals surface area contributed by atoms with Crippen LogP contribution in [-0.2, 0) is 13.5 Å². The minimum Gasteiger partial charge on any atom is -0.314 e. The molecule has 1 aliphatic carbocycles. The van der Waals surface area contributed by atoms with Crippen molar-refractivity contribution in [3.8, 4) is 0 Å². The predicted octanol–water partition coefficient (Wildman–Crippen LogP) is 1.49. The zero-order valence-corrected chi connectivity index (χ0v) is 8.87. The van der Waals surface area contributed by atoms with E-state index in [0.717, 1.165) is 6.04 Å². The highest BCUT2D eigenvalue weighted by atomic mass is 15.2. The third kappa shape index (κ3) is 3.14. The second-order valence-corrected chi connectivity index (χ2v) is 4.21. The van der Waals surface area contributed by atoms with Gasteiger partial charge >= 0.3 is 0 Å². The van der Waals surface area contributed by atoms with E-state index in [4.69, 9.17) is 0 Å². The molecule has 1 heterocycles. The molecule has 2 rings (SSSR count). The van der Waals surface area contributed by atoms with Gasteiger partial charge in [-0.3, -0.25) is 4.68 Å². The van der Waals surface area contributed by atoms with Gasteiger partial charge in [0, 0.05) is 19.3 Å². The topological polar surface area (TPSA) is 29.9 Å². The van der Waals surface area contributed by atoms with Crippen LogP contribution in [0.4, 0.5) is 0 Å². The van der Waals surface area contributed by atoms with Crippen LogP contribution in [0.3, 0.4) is 0 Å². The Labute approximate surface area is 85.5 Å². The quantitative estimate of drug-likeness (QED) is 0.694. The summed E-state index contributed by atoms with van der Waals surface area (Å²) in [6, 6.07) is 0.855. The lowest BCUT2D eigenvalue weighted by atomic mass is 10.1. The summed E-state index contributed by atoms with van der Waals surface area (Å²) in [6.45, 7) is 1.19. The second kappa shape index (κ2) is 4.60. The molecule has 0 saturated heterocycles. The summed E-state index contributed by atoms with van der Waals surface area (Å²) in [6.07, 6.45) is 10.6. The molecular weight excluding hydrogens is 174 g/mol. The Morgan fingerprint density at radius 1 is 1.50 bits per heavy atom. The van der Waals surface area contributed by atoms with E-state index < -0.39 is 0 Å². The van der Waals surface area contributed by atoms with Crippen LogP contribution in [-0.4, -0.2) is 22.4 Å². The number of unbranched alkanes of at least 4 members (excludes halogenated alkanes) is 1. The lowest BCUT2D eigenvalue weighted by Crippen LogP contribution is -2.17. The van der Waals surface area contributed by atoms with E-state index in [1.165, 1.54) is 44.2 Å². The molecule has 0 atom stereocenters. The highest BCUT2D eigenvalue weighted by molar-refractivity contribution is 5.03. The largest absolute Gasteiger partial charge is 0.314 e. The summed E-state index contributed by atoms with van der Waals surface area (Å²) in [7, 11) is 1.97. The molecule has 1 aromatic rings. The van der Waals surface area contributed by atoms with Crippen LogP contribution in [0.15, 0.2) is 12.4 Å². The first-order valence-corrected chi connectivity index (χ1v) is 5.55. The third-order valence-corrected chi connectivity index (χ3v) is 2.66. The summed E-state index contributed by atoms with van der Waals surface area (Å²) in [5.74, 6) is 0. The Morgan fingerprint density at radius 2 is 2.36 bits per heavy atom. The number of nitrogens with one attached hydrogen (secondary N) is 1. The molecule has 14 heavy (non-hydrogen) atoms. The fraction of sp³-hybridized carbons (Fsp3) is 0.727. The number of aromatic nitrogens is 2. The first-order chi connectivity index (χ1) is 6.84. The molecule has 0 aliphatic heterocycles. The molecule has 0 aromatic carbocycles. The van der Waals surface area contributed by atoms with Crippen molar-refractivity contribution < 1.29 is 0 Å². The van der Waals surface area contributed by atoms with Gasteiger partial charge in [0.2, 0.25) is 0 Å². The molecule has 0 bridgehead atoms. The zero-order valence-electron chi connectivity index (χ0n) is 8.87. The maximum absolute atomic E-state index is 4.15. The van der Waals surface area contributed by atoms with Crippen LogP contribution >= 0.6 is 0 Å². The van der Waals surface area contributed by atoms with Gasteiger partial charge in [-0.15, -0.1) is 0 Å². The van der Waals surface area contributed by atoms with Gasteiger partial charge in [0.25, 0.3) is 0 Å². The first kappa shape index (κ1) is 9.71. The monoisotopic (exact) mass is 193 g/mol. The smallest absolute Gasteiger partial charge is 0.0521 e. The Balaban J connectivity index is 1.53. The van der Waals surface area contributed by atoms with Gasteiger partial charge in [-0.05, 0) is 44.2 Å². The maximum Gasteiger partial charge on any atom is 0.0521 e. The summed E-state index contributed by atoms with van der Waals surface area (Å²) in [5, 5.41) is 7.68. The molecule has 3 heteroatoms. The van der Waals surface area contributed by atoms with Crippen LogP contribution in [0.25, 0.3) is 0 Å². The summed E-state index contributed by atoms with van der Waals surface area (Å²) in [5.41, 5.74) is 1.36. The molecule has 0 spiro atoms. The lowest BCUT2D eigenvalue weighted by Gasteiger charge is -2.01. The molecule has 0 unspecified atom stereocenters. The molecule has 1 aliphatic rings. The van der Waals surface area contributed by atoms with Crippen LogP contribution in [0.2, 0.25) is 0 Å². The zero-order chi connectivity index (χ0) is 9.80. The van der Waals surface area contributed by atoms with Gasteiger partial charge in [-0.2, -0.15) is 5.10 Å². The van der Waals surface area contributed by atoms with Crippen molar-refractivity contribution in [1.29, 1.82) is 0 Å². The van der Waals surface area contributed by atoms with E-state index in [9.17, 15) is 0 Å². The predicted molar refractivity (Wildman–Crippen MR) is 57.2 cm³/mol. The minimum absolute atomic E-state index is 0.855. The average molecular weight is 193 g/mol. The van der Waals surface area contributed by atoms with Crippen molar-refractivity contribution in [1.82, 2.24) is 15.1 Å². The lowest BCUT2D eigenvalue weighted by molar-refractivity contribution is 0.619. The molecular formula is C11H19N3. The van der Waals surface area contributed by atoms with Crippen LogP contribution < -0.4 is 5.32 Å². The maximum atomic E-state index is 4.15. The number of nitrogens with zero attached hydrogens (tertiary/aromatic N) is 2. The molecule has 3 nitrogen and oxygen atoms in total. The molecule has 1 N–H and O–H groups in total. The molecule has 1 saturated carbocycles. The Hall–Kier alpha value is -0.830.